The SMILES string of the molecule is O/N=C(/CNc1ccc(-c2cnco2)cc1)CC1(c2ccccc2C(F)(F)F)CCC1. The molecule has 2 aromatic carbocycles. The normalized spacial score (nSPS) is 16.0. The van der Waals surface area contributed by atoms with Crippen molar-refractivity contribution in [2.75, 3.05) is 11.9 Å². The van der Waals surface area contributed by atoms with Crippen molar-refractivity contribution in [1.82, 2.24) is 4.98 Å². The molecule has 4 rings (SSSR count). The van der Waals surface area contributed by atoms with Crippen molar-refractivity contribution in [2.24, 2.45) is 5.16 Å². The minimum Gasteiger partial charge on any atom is -0.444 e. The lowest BCUT2D eigenvalue weighted by Crippen LogP contribution is -2.39. The van der Waals surface area contributed by atoms with Gasteiger partial charge in [-0.3, -0.25) is 0 Å². The highest BCUT2D eigenvalue weighted by Crippen LogP contribution is 2.50. The molecule has 8 heteroatoms. The van der Waals surface area contributed by atoms with E-state index in [-0.39, 0.29) is 18.5 Å². The maximum atomic E-state index is 13.6. The van der Waals surface area contributed by atoms with Gasteiger partial charge in [-0.1, -0.05) is 29.8 Å². The summed E-state index contributed by atoms with van der Waals surface area (Å²) in [4.78, 5) is 3.89. The number of rotatable bonds is 7. The first-order valence-corrected chi connectivity index (χ1v) is 10.0. The summed E-state index contributed by atoms with van der Waals surface area (Å²) in [6.45, 7) is 0.230. The van der Waals surface area contributed by atoms with Gasteiger partial charge in [-0.05, 0) is 48.7 Å². The average molecular weight is 429 g/mol. The van der Waals surface area contributed by atoms with Gasteiger partial charge in [0.25, 0.3) is 0 Å². The van der Waals surface area contributed by atoms with Crippen LogP contribution in [0.3, 0.4) is 0 Å². The van der Waals surface area contributed by atoms with Crippen molar-refractivity contribution in [3.63, 3.8) is 0 Å². The van der Waals surface area contributed by atoms with Gasteiger partial charge in [0.2, 0.25) is 0 Å². The van der Waals surface area contributed by atoms with E-state index in [2.05, 4.69) is 15.5 Å². The predicted octanol–water partition coefficient (Wildman–Crippen LogP) is 6.11. The number of halogens is 3. The van der Waals surface area contributed by atoms with Crippen LogP contribution in [0.2, 0.25) is 0 Å². The fraction of sp³-hybridized carbons (Fsp3) is 0.304. The Morgan fingerprint density at radius 2 is 1.87 bits per heavy atom. The first-order valence-electron chi connectivity index (χ1n) is 10.0. The zero-order chi connectivity index (χ0) is 21.9. The molecule has 2 N–H and O–H groups in total. The number of nitrogens with one attached hydrogen (secondary N) is 1. The molecule has 0 atom stereocenters. The molecule has 162 valence electrons. The third-order valence-electron chi connectivity index (χ3n) is 5.90. The second-order valence-corrected chi connectivity index (χ2v) is 7.82. The lowest BCUT2D eigenvalue weighted by Gasteiger charge is -2.44. The van der Waals surface area contributed by atoms with Gasteiger partial charge in [0.05, 0.1) is 24.0 Å². The molecule has 1 saturated carbocycles. The van der Waals surface area contributed by atoms with Crippen LogP contribution in [0, 0.1) is 0 Å². The Hall–Kier alpha value is -3.29. The van der Waals surface area contributed by atoms with Gasteiger partial charge < -0.3 is 14.9 Å². The van der Waals surface area contributed by atoms with Crippen molar-refractivity contribution in [1.29, 1.82) is 0 Å². The van der Waals surface area contributed by atoms with E-state index in [1.807, 2.05) is 24.3 Å². The van der Waals surface area contributed by atoms with Crippen molar-refractivity contribution in [3.8, 4) is 11.3 Å². The lowest BCUT2D eigenvalue weighted by molar-refractivity contribution is -0.139. The minimum absolute atomic E-state index is 0.230. The van der Waals surface area contributed by atoms with Gasteiger partial charge in [-0.15, -0.1) is 0 Å². The molecule has 0 aliphatic heterocycles. The first kappa shape index (κ1) is 21.0. The highest BCUT2D eigenvalue weighted by atomic mass is 19.4. The molecule has 1 aromatic heterocycles. The maximum absolute atomic E-state index is 13.6. The second-order valence-electron chi connectivity index (χ2n) is 7.82. The number of oxazole rings is 1. The molecule has 0 bridgehead atoms. The lowest BCUT2D eigenvalue weighted by atomic mass is 9.60. The highest BCUT2D eigenvalue weighted by molar-refractivity contribution is 5.89. The topological polar surface area (TPSA) is 70.7 Å². The summed E-state index contributed by atoms with van der Waals surface area (Å²) in [5.74, 6) is 0.652. The largest absolute Gasteiger partial charge is 0.444 e. The Kier molecular flexibility index (Phi) is 5.71. The Morgan fingerprint density at radius 1 is 1.13 bits per heavy atom. The van der Waals surface area contributed by atoms with E-state index in [0.717, 1.165) is 23.7 Å². The third-order valence-corrected chi connectivity index (χ3v) is 5.90. The van der Waals surface area contributed by atoms with Gasteiger partial charge in [0.15, 0.2) is 12.2 Å². The molecule has 0 radical (unpaired) electrons. The van der Waals surface area contributed by atoms with Gasteiger partial charge in [0.1, 0.15) is 0 Å². The fourth-order valence-electron chi connectivity index (χ4n) is 4.18. The third kappa shape index (κ3) is 4.42. The number of aromatic nitrogens is 1. The van der Waals surface area contributed by atoms with Crippen molar-refractivity contribution >= 4 is 11.4 Å². The number of nitrogens with zero attached hydrogens (tertiary/aromatic N) is 2. The van der Waals surface area contributed by atoms with Gasteiger partial charge in [-0.25, -0.2) is 4.98 Å². The molecule has 5 nitrogen and oxygen atoms in total. The molecular weight excluding hydrogens is 407 g/mol. The summed E-state index contributed by atoms with van der Waals surface area (Å²) in [5.41, 5.74) is 1.09. The minimum atomic E-state index is -4.42. The standard InChI is InChI=1S/C23H22F3N3O2/c24-23(25,26)20-5-2-1-4-19(20)22(10-3-11-22)12-18(29-30)13-28-17-8-6-16(7-9-17)21-14-27-15-31-21/h1-2,4-9,14-15,28,30H,3,10-13H2/b29-18+. The molecule has 0 amide bonds. The summed E-state index contributed by atoms with van der Waals surface area (Å²) in [7, 11) is 0. The molecule has 31 heavy (non-hydrogen) atoms. The van der Waals surface area contributed by atoms with Crippen molar-refractivity contribution < 1.29 is 22.8 Å². The van der Waals surface area contributed by atoms with Crippen LogP contribution in [-0.2, 0) is 11.6 Å². The average Bonchev–Trinajstić information content (AvgIpc) is 3.28. The number of alkyl halides is 3. The number of anilines is 1. The zero-order valence-corrected chi connectivity index (χ0v) is 16.7. The van der Waals surface area contributed by atoms with E-state index in [1.165, 1.54) is 12.5 Å². The van der Waals surface area contributed by atoms with Crippen LogP contribution < -0.4 is 5.32 Å². The molecule has 0 unspecified atom stereocenters. The Labute approximate surface area is 177 Å². The predicted molar refractivity (Wildman–Crippen MR) is 111 cm³/mol. The van der Waals surface area contributed by atoms with E-state index < -0.39 is 17.2 Å². The van der Waals surface area contributed by atoms with Crippen molar-refractivity contribution in [3.05, 3.63) is 72.2 Å². The molecule has 0 spiro atoms. The van der Waals surface area contributed by atoms with Crippen LogP contribution in [0.1, 0.15) is 36.8 Å². The zero-order valence-electron chi connectivity index (χ0n) is 16.7. The summed E-state index contributed by atoms with van der Waals surface area (Å²) in [6, 6.07) is 13.2. The van der Waals surface area contributed by atoms with Crippen LogP contribution in [0.25, 0.3) is 11.3 Å². The Bertz CT molecular complexity index is 1040. The maximum Gasteiger partial charge on any atom is 0.416 e. The smallest absolute Gasteiger partial charge is 0.416 e. The van der Waals surface area contributed by atoms with E-state index in [0.29, 0.717) is 24.3 Å². The second kappa shape index (κ2) is 8.45. The molecular formula is C23H22F3N3O2. The summed E-state index contributed by atoms with van der Waals surface area (Å²) in [5, 5.41) is 16.1. The van der Waals surface area contributed by atoms with Gasteiger partial charge in [-0.2, -0.15) is 13.2 Å². The first-order chi connectivity index (χ1) is 14.9. The number of oxime groups is 1. The van der Waals surface area contributed by atoms with Crippen LogP contribution in [0.15, 0.2) is 70.7 Å². The number of hydrogen-bond acceptors (Lipinski definition) is 5. The van der Waals surface area contributed by atoms with Gasteiger partial charge >= 0.3 is 6.18 Å². The van der Waals surface area contributed by atoms with E-state index in [4.69, 9.17) is 4.42 Å². The summed E-state index contributed by atoms with van der Waals surface area (Å²) in [6.07, 6.45) is 0.935. The van der Waals surface area contributed by atoms with Crippen LogP contribution in [0.5, 0.6) is 0 Å². The monoisotopic (exact) mass is 429 g/mol. The highest BCUT2D eigenvalue weighted by Gasteiger charge is 2.45. The van der Waals surface area contributed by atoms with Crippen LogP contribution >= 0.6 is 0 Å². The molecule has 1 heterocycles. The van der Waals surface area contributed by atoms with Crippen molar-refractivity contribution in [2.45, 2.75) is 37.3 Å². The molecule has 0 saturated heterocycles. The summed E-state index contributed by atoms with van der Waals surface area (Å²) < 4.78 is 45.9. The van der Waals surface area contributed by atoms with Crippen LogP contribution in [-0.4, -0.2) is 22.4 Å². The van der Waals surface area contributed by atoms with E-state index in [9.17, 15) is 18.4 Å². The molecule has 1 aliphatic rings. The van der Waals surface area contributed by atoms with Crippen LogP contribution in [0.4, 0.5) is 18.9 Å². The molecule has 3 aromatic rings. The van der Waals surface area contributed by atoms with E-state index in [1.54, 1.807) is 18.3 Å². The number of benzene rings is 2. The van der Waals surface area contributed by atoms with Gasteiger partial charge in [0, 0.05) is 23.1 Å². The quantitative estimate of drug-likeness (QED) is 0.270. The molecule has 1 aliphatic carbocycles. The number of hydrogen-bond donors (Lipinski definition) is 2. The fourth-order valence-corrected chi connectivity index (χ4v) is 4.18. The Balaban J connectivity index is 1.46. The molecule has 1 fully saturated rings. The Morgan fingerprint density at radius 3 is 2.45 bits per heavy atom. The summed E-state index contributed by atoms with van der Waals surface area (Å²) >= 11 is 0. The van der Waals surface area contributed by atoms with E-state index >= 15 is 0 Å².